The summed E-state index contributed by atoms with van der Waals surface area (Å²) >= 11 is 4.81. The van der Waals surface area contributed by atoms with Crippen molar-refractivity contribution in [3.63, 3.8) is 0 Å². The second-order valence-corrected chi connectivity index (χ2v) is 6.96. The molecule has 4 nitrogen and oxygen atoms in total. The zero-order valence-electron chi connectivity index (χ0n) is 11.3. The van der Waals surface area contributed by atoms with Gasteiger partial charge in [0, 0.05) is 23.1 Å². The Labute approximate surface area is 133 Å². The molecule has 1 aromatic carbocycles. The third-order valence-electron chi connectivity index (χ3n) is 3.21. The molecule has 0 aliphatic rings. The molecule has 0 bridgehead atoms. The van der Waals surface area contributed by atoms with Gasteiger partial charge in [-0.3, -0.25) is 9.36 Å². The highest BCUT2D eigenvalue weighted by Crippen LogP contribution is 2.24. The van der Waals surface area contributed by atoms with Gasteiger partial charge in [0.1, 0.15) is 0 Å². The lowest BCUT2D eigenvalue weighted by atomic mass is 10.1. The highest BCUT2D eigenvalue weighted by molar-refractivity contribution is 9.11. The molecule has 0 amide bonds. The molecule has 2 aromatic heterocycles. The Hall–Kier alpha value is -1.66. The monoisotopic (exact) mass is 365 g/mol. The second-order valence-electron chi connectivity index (χ2n) is 4.67. The molecule has 0 aliphatic heterocycles. The van der Waals surface area contributed by atoms with E-state index in [1.165, 1.54) is 11.3 Å². The van der Waals surface area contributed by atoms with E-state index in [0.717, 1.165) is 15.7 Å². The number of hydrogen-bond donors (Lipinski definition) is 0. The number of carbonyl (C=O) groups excluding carboxylic acids is 1. The number of benzene rings is 1. The number of rotatable bonds is 4. The van der Waals surface area contributed by atoms with Crippen molar-refractivity contribution in [1.82, 2.24) is 4.57 Å². The number of thiophene rings is 1. The summed E-state index contributed by atoms with van der Waals surface area (Å²) < 4.78 is 7.73. The Morgan fingerprint density at radius 2 is 2.14 bits per heavy atom. The van der Waals surface area contributed by atoms with Gasteiger partial charge in [0.2, 0.25) is 0 Å². The second kappa shape index (κ2) is 5.61. The van der Waals surface area contributed by atoms with E-state index in [0.29, 0.717) is 23.3 Å². The Morgan fingerprint density at radius 3 is 2.81 bits per heavy atom. The highest BCUT2D eigenvalue weighted by atomic mass is 79.9. The van der Waals surface area contributed by atoms with Crippen LogP contribution in [0.2, 0.25) is 0 Å². The van der Waals surface area contributed by atoms with Gasteiger partial charge in [-0.25, -0.2) is 4.79 Å². The molecule has 0 fully saturated rings. The van der Waals surface area contributed by atoms with E-state index in [1.54, 1.807) is 34.2 Å². The van der Waals surface area contributed by atoms with Crippen LogP contribution in [0.5, 0.6) is 0 Å². The van der Waals surface area contributed by atoms with Gasteiger partial charge in [-0.05, 0) is 46.6 Å². The van der Waals surface area contributed by atoms with Crippen LogP contribution in [0.3, 0.4) is 0 Å². The Kier molecular flexibility index (Phi) is 3.82. The largest absolute Gasteiger partial charge is 0.419 e. The van der Waals surface area contributed by atoms with Gasteiger partial charge >= 0.3 is 5.76 Å². The van der Waals surface area contributed by atoms with Gasteiger partial charge < -0.3 is 4.42 Å². The third kappa shape index (κ3) is 2.61. The van der Waals surface area contributed by atoms with Crippen molar-refractivity contribution >= 4 is 44.1 Å². The maximum Gasteiger partial charge on any atom is 0.419 e. The lowest BCUT2D eigenvalue weighted by molar-refractivity contribution is 0.103. The van der Waals surface area contributed by atoms with Crippen LogP contribution < -0.4 is 5.76 Å². The van der Waals surface area contributed by atoms with Crippen molar-refractivity contribution < 1.29 is 9.21 Å². The fourth-order valence-corrected chi connectivity index (χ4v) is 3.38. The van der Waals surface area contributed by atoms with Gasteiger partial charge in [-0.2, -0.15) is 0 Å². The molecule has 0 aliphatic carbocycles. The molecule has 0 atom stereocenters. The summed E-state index contributed by atoms with van der Waals surface area (Å²) in [5, 5.41) is 1.80. The van der Waals surface area contributed by atoms with E-state index in [1.807, 2.05) is 6.92 Å². The van der Waals surface area contributed by atoms with Crippen LogP contribution in [0.25, 0.3) is 11.1 Å². The minimum Gasteiger partial charge on any atom is -0.408 e. The summed E-state index contributed by atoms with van der Waals surface area (Å²) in [5.74, 6) is -0.459. The van der Waals surface area contributed by atoms with Gasteiger partial charge in [0.25, 0.3) is 0 Å². The average Bonchev–Trinajstić information content (AvgIpc) is 3.02. The molecule has 6 heteroatoms. The van der Waals surface area contributed by atoms with Crippen molar-refractivity contribution in [2.75, 3.05) is 0 Å². The van der Waals surface area contributed by atoms with Gasteiger partial charge in [-0.15, -0.1) is 11.3 Å². The quantitative estimate of drug-likeness (QED) is 0.655. The Balaban J connectivity index is 2.06. The van der Waals surface area contributed by atoms with Crippen molar-refractivity contribution in [2.24, 2.45) is 0 Å². The zero-order valence-corrected chi connectivity index (χ0v) is 13.7. The summed E-state index contributed by atoms with van der Waals surface area (Å²) in [6.45, 7) is 2.61. The van der Waals surface area contributed by atoms with Gasteiger partial charge in [0.05, 0.1) is 9.30 Å². The van der Waals surface area contributed by atoms with E-state index >= 15 is 0 Å². The predicted molar refractivity (Wildman–Crippen MR) is 86.2 cm³/mol. The van der Waals surface area contributed by atoms with Crippen molar-refractivity contribution in [2.45, 2.75) is 19.9 Å². The van der Waals surface area contributed by atoms with Crippen LogP contribution >= 0.6 is 27.3 Å². The zero-order chi connectivity index (χ0) is 15.0. The van der Waals surface area contributed by atoms with Crippen LogP contribution in [0.4, 0.5) is 0 Å². The number of aryl methyl sites for hydroxylation is 1. The van der Waals surface area contributed by atoms with E-state index in [9.17, 15) is 9.59 Å². The number of aromatic nitrogens is 1. The van der Waals surface area contributed by atoms with Crippen LogP contribution in [0.1, 0.15) is 29.3 Å². The number of oxazole rings is 1. The lowest BCUT2D eigenvalue weighted by Gasteiger charge is -2.00. The maximum absolute atomic E-state index is 12.4. The van der Waals surface area contributed by atoms with Gasteiger partial charge in [-0.1, -0.05) is 6.92 Å². The Bertz CT molecular complexity index is 875. The molecule has 21 heavy (non-hydrogen) atoms. The minimum absolute atomic E-state index is 0.0789. The first-order chi connectivity index (χ1) is 10.1. The number of fused-ring (bicyclic) bond motifs is 1. The number of ketones is 1. The normalized spacial score (nSPS) is 11.1. The fourth-order valence-electron chi connectivity index (χ4n) is 2.24. The van der Waals surface area contributed by atoms with Crippen LogP contribution in [-0.4, -0.2) is 10.4 Å². The summed E-state index contributed by atoms with van der Waals surface area (Å²) in [7, 11) is 0. The molecule has 0 unspecified atom stereocenters. The highest BCUT2D eigenvalue weighted by Gasteiger charge is 2.15. The van der Waals surface area contributed by atoms with Crippen LogP contribution in [-0.2, 0) is 6.54 Å². The molecule has 3 aromatic rings. The summed E-state index contributed by atoms with van der Waals surface area (Å²) in [5.41, 5.74) is 2.32. The van der Waals surface area contributed by atoms with E-state index < -0.39 is 0 Å². The number of nitrogens with zero attached hydrogens (tertiary/aromatic N) is 1. The number of halogens is 1. The fraction of sp³-hybridized carbons (Fsp3) is 0.200. The lowest BCUT2D eigenvalue weighted by Crippen LogP contribution is -2.13. The van der Waals surface area contributed by atoms with E-state index in [4.69, 9.17) is 4.42 Å². The molecule has 3 rings (SSSR count). The van der Waals surface area contributed by atoms with E-state index in [2.05, 4.69) is 15.9 Å². The molecule has 2 heterocycles. The summed E-state index contributed by atoms with van der Waals surface area (Å²) in [4.78, 5) is 24.2. The molecule has 0 radical (unpaired) electrons. The average molecular weight is 366 g/mol. The molecule has 0 N–H and O–H groups in total. The van der Waals surface area contributed by atoms with E-state index in [-0.39, 0.29) is 11.5 Å². The summed E-state index contributed by atoms with van der Waals surface area (Å²) in [6, 6.07) is 6.92. The standard InChI is InChI=1S/C15H12BrNO3S/c1-2-5-17-11-4-3-9(6-12(11)20-15(17)19)14(18)10-7-13(16)21-8-10/h3-4,6-8H,2,5H2,1H3. The van der Waals surface area contributed by atoms with Crippen LogP contribution in [0.15, 0.2) is 42.6 Å². The third-order valence-corrected chi connectivity index (χ3v) is 4.71. The molecular formula is C15H12BrNO3S. The van der Waals surface area contributed by atoms with Crippen molar-refractivity contribution in [1.29, 1.82) is 0 Å². The first-order valence-electron chi connectivity index (χ1n) is 6.52. The van der Waals surface area contributed by atoms with Crippen LogP contribution in [0, 0.1) is 0 Å². The Morgan fingerprint density at radius 1 is 1.33 bits per heavy atom. The number of hydrogen-bond acceptors (Lipinski definition) is 4. The minimum atomic E-state index is -0.380. The molecule has 108 valence electrons. The van der Waals surface area contributed by atoms with Crippen molar-refractivity contribution in [3.05, 3.63) is 55.1 Å². The maximum atomic E-state index is 12.4. The first kappa shape index (κ1) is 14.3. The molecular weight excluding hydrogens is 354 g/mol. The van der Waals surface area contributed by atoms with Crippen molar-refractivity contribution in [3.8, 4) is 0 Å². The molecule has 0 saturated carbocycles. The molecule has 0 spiro atoms. The smallest absolute Gasteiger partial charge is 0.408 e. The summed E-state index contributed by atoms with van der Waals surface area (Å²) in [6.07, 6.45) is 0.845. The van der Waals surface area contributed by atoms with Gasteiger partial charge in [0.15, 0.2) is 11.4 Å². The topological polar surface area (TPSA) is 52.2 Å². The molecule has 0 saturated heterocycles. The first-order valence-corrected chi connectivity index (χ1v) is 8.19. The number of carbonyl (C=O) groups is 1. The SMILES string of the molecule is CCCn1c(=O)oc2cc(C(=O)c3csc(Br)c3)ccc21. The predicted octanol–water partition coefficient (Wildman–Crippen LogP) is 4.06.